The predicted octanol–water partition coefficient (Wildman–Crippen LogP) is 3.22. The van der Waals surface area contributed by atoms with Crippen molar-refractivity contribution < 1.29 is 14.2 Å². The highest BCUT2D eigenvalue weighted by Crippen LogP contribution is 2.39. The van der Waals surface area contributed by atoms with Gasteiger partial charge in [-0.05, 0) is 31.3 Å². The number of morpholine rings is 1. The standard InChI is InChI=1S/C20H24N2O3/c1-3-23-17-11-7-8-12-18(17)25-19(16-9-5-4-6-10-16)20(21-2)15-22-13-14-24-20/h4-12,19,22H,2-3,13-15H2,1H3/t19-,20-/m0/s1. The van der Waals surface area contributed by atoms with Gasteiger partial charge in [0.25, 0.3) is 0 Å². The number of benzene rings is 2. The van der Waals surface area contributed by atoms with E-state index in [0.29, 0.717) is 31.3 Å². The van der Waals surface area contributed by atoms with Gasteiger partial charge in [-0.15, -0.1) is 0 Å². The summed E-state index contributed by atoms with van der Waals surface area (Å²) in [5, 5.41) is 3.33. The van der Waals surface area contributed by atoms with E-state index in [0.717, 1.165) is 12.1 Å². The third-order valence-corrected chi connectivity index (χ3v) is 4.18. The lowest BCUT2D eigenvalue weighted by atomic mass is 9.97. The molecular weight excluding hydrogens is 316 g/mol. The maximum absolute atomic E-state index is 6.39. The molecule has 0 saturated carbocycles. The van der Waals surface area contributed by atoms with Crippen LogP contribution < -0.4 is 14.8 Å². The zero-order valence-electron chi connectivity index (χ0n) is 14.5. The van der Waals surface area contributed by atoms with Crippen molar-refractivity contribution in [2.45, 2.75) is 18.8 Å². The normalized spacial score (nSPS) is 21.3. The van der Waals surface area contributed by atoms with Crippen molar-refractivity contribution in [2.24, 2.45) is 4.99 Å². The van der Waals surface area contributed by atoms with Crippen LogP contribution in [-0.4, -0.2) is 38.7 Å². The molecule has 1 N–H and O–H groups in total. The van der Waals surface area contributed by atoms with Crippen LogP contribution in [0.5, 0.6) is 11.5 Å². The van der Waals surface area contributed by atoms with Gasteiger partial charge in [-0.2, -0.15) is 0 Å². The molecule has 2 atom stereocenters. The van der Waals surface area contributed by atoms with Gasteiger partial charge >= 0.3 is 0 Å². The van der Waals surface area contributed by atoms with Crippen LogP contribution in [0.25, 0.3) is 0 Å². The summed E-state index contributed by atoms with van der Waals surface area (Å²) in [6.45, 7) is 8.17. The number of hydrogen-bond donors (Lipinski definition) is 1. The molecule has 0 aliphatic carbocycles. The van der Waals surface area contributed by atoms with Gasteiger partial charge in [0.1, 0.15) is 0 Å². The quantitative estimate of drug-likeness (QED) is 0.786. The Labute approximate surface area is 148 Å². The second-order valence-corrected chi connectivity index (χ2v) is 5.82. The number of para-hydroxylation sites is 2. The van der Waals surface area contributed by atoms with Crippen LogP contribution in [0.4, 0.5) is 0 Å². The molecule has 1 saturated heterocycles. The van der Waals surface area contributed by atoms with Crippen LogP contribution in [0, 0.1) is 0 Å². The van der Waals surface area contributed by atoms with Crippen molar-refractivity contribution in [3.05, 3.63) is 60.2 Å². The summed E-state index contributed by atoms with van der Waals surface area (Å²) in [5.41, 5.74) is 0.0868. The Bertz CT molecular complexity index is 684. The van der Waals surface area contributed by atoms with Crippen LogP contribution in [0.1, 0.15) is 18.6 Å². The summed E-state index contributed by atoms with van der Waals surface area (Å²) >= 11 is 0. The number of ether oxygens (including phenoxy) is 3. The van der Waals surface area contributed by atoms with E-state index in [1.54, 1.807) is 0 Å². The molecular formula is C20H24N2O3. The second kappa shape index (κ2) is 8.14. The van der Waals surface area contributed by atoms with E-state index >= 15 is 0 Å². The van der Waals surface area contributed by atoms with Crippen molar-refractivity contribution in [2.75, 3.05) is 26.3 Å². The maximum atomic E-state index is 6.39. The Balaban J connectivity index is 1.99. The van der Waals surface area contributed by atoms with Gasteiger partial charge in [0.15, 0.2) is 17.6 Å². The van der Waals surface area contributed by atoms with Gasteiger partial charge in [0, 0.05) is 13.1 Å². The number of aliphatic imine (C=N–C) groups is 1. The summed E-state index contributed by atoms with van der Waals surface area (Å²) in [6.07, 6.45) is -0.444. The topological polar surface area (TPSA) is 52.1 Å². The molecule has 1 aliphatic heterocycles. The molecule has 0 radical (unpaired) electrons. The molecule has 1 fully saturated rings. The smallest absolute Gasteiger partial charge is 0.211 e. The largest absolute Gasteiger partial charge is 0.490 e. The van der Waals surface area contributed by atoms with Crippen molar-refractivity contribution >= 4 is 6.72 Å². The molecule has 1 aliphatic rings. The summed E-state index contributed by atoms with van der Waals surface area (Å²) in [4.78, 5) is 4.33. The number of hydrogen-bond acceptors (Lipinski definition) is 5. The third-order valence-electron chi connectivity index (χ3n) is 4.18. The first-order valence-electron chi connectivity index (χ1n) is 8.55. The Morgan fingerprint density at radius 2 is 1.88 bits per heavy atom. The Morgan fingerprint density at radius 3 is 2.52 bits per heavy atom. The maximum Gasteiger partial charge on any atom is 0.211 e. The number of nitrogens with zero attached hydrogens (tertiary/aromatic N) is 1. The lowest BCUT2D eigenvalue weighted by molar-refractivity contribution is -0.125. The molecule has 2 aromatic carbocycles. The van der Waals surface area contributed by atoms with Crippen molar-refractivity contribution in [3.8, 4) is 11.5 Å². The summed E-state index contributed by atoms with van der Waals surface area (Å²) < 4.78 is 18.1. The first kappa shape index (κ1) is 17.5. The van der Waals surface area contributed by atoms with Gasteiger partial charge in [0.2, 0.25) is 5.72 Å². The number of nitrogens with one attached hydrogen (secondary N) is 1. The minimum Gasteiger partial charge on any atom is -0.490 e. The minimum absolute atomic E-state index is 0.444. The van der Waals surface area contributed by atoms with E-state index in [1.165, 1.54) is 0 Å². The van der Waals surface area contributed by atoms with E-state index in [2.05, 4.69) is 17.0 Å². The SMILES string of the molecule is C=N[C@@]1([C@@H](Oc2ccccc2OCC)c2ccccc2)CNCCO1. The van der Waals surface area contributed by atoms with Crippen LogP contribution in [0.15, 0.2) is 59.6 Å². The van der Waals surface area contributed by atoms with Gasteiger partial charge in [-0.3, -0.25) is 4.99 Å². The molecule has 25 heavy (non-hydrogen) atoms. The van der Waals surface area contributed by atoms with Gasteiger partial charge in [0.05, 0.1) is 13.2 Å². The fourth-order valence-corrected chi connectivity index (χ4v) is 2.97. The summed E-state index contributed by atoms with van der Waals surface area (Å²) in [6, 6.07) is 17.6. The molecule has 132 valence electrons. The lowest BCUT2D eigenvalue weighted by Gasteiger charge is -2.40. The highest BCUT2D eigenvalue weighted by Gasteiger charge is 2.44. The van der Waals surface area contributed by atoms with Gasteiger partial charge in [-0.1, -0.05) is 42.5 Å². The van der Waals surface area contributed by atoms with Crippen molar-refractivity contribution in [3.63, 3.8) is 0 Å². The van der Waals surface area contributed by atoms with Crippen LogP contribution in [0.2, 0.25) is 0 Å². The molecule has 3 rings (SSSR count). The molecule has 1 heterocycles. The average Bonchev–Trinajstić information content (AvgIpc) is 2.68. The molecule has 0 bridgehead atoms. The summed E-state index contributed by atoms with van der Waals surface area (Å²) in [5.74, 6) is 1.37. The molecule has 5 heteroatoms. The molecule has 2 aromatic rings. The van der Waals surface area contributed by atoms with Crippen LogP contribution in [-0.2, 0) is 4.74 Å². The molecule has 0 spiro atoms. The van der Waals surface area contributed by atoms with Gasteiger partial charge in [-0.25, -0.2) is 0 Å². The fraction of sp³-hybridized carbons (Fsp3) is 0.350. The highest BCUT2D eigenvalue weighted by molar-refractivity contribution is 5.41. The molecule has 0 unspecified atom stereocenters. The van der Waals surface area contributed by atoms with E-state index < -0.39 is 11.8 Å². The Morgan fingerprint density at radius 1 is 1.16 bits per heavy atom. The number of rotatable bonds is 7. The third kappa shape index (κ3) is 3.83. The predicted molar refractivity (Wildman–Crippen MR) is 98.5 cm³/mol. The lowest BCUT2D eigenvalue weighted by Crippen LogP contribution is -2.53. The first-order valence-corrected chi connectivity index (χ1v) is 8.55. The van der Waals surface area contributed by atoms with E-state index in [4.69, 9.17) is 14.2 Å². The summed E-state index contributed by atoms with van der Waals surface area (Å²) in [7, 11) is 0. The zero-order valence-corrected chi connectivity index (χ0v) is 14.5. The van der Waals surface area contributed by atoms with E-state index in [-0.39, 0.29) is 0 Å². The van der Waals surface area contributed by atoms with E-state index in [9.17, 15) is 0 Å². The molecule has 0 aromatic heterocycles. The highest BCUT2D eigenvalue weighted by atomic mass is 16.6. The minimum atomic E-state index is -0.890. The Hall–Kier alpha value is -2.37. The molecule has 5 nitrogen and oxygen atoms in total. The van der Waals surface area contributed by atoms with Gasteiger partial charge < -0.3 is 19.5 Å². The van der Waals surface area contributed by atoms with Crippen LogP contribution in [0.3, 0.4) is 0 Å². The van der Waals surface area contributed by atoms with Crippen molar-refractivity contribution in [1.82, 2.24) is 5.32 Å². The average molecular weight is 340 g/mol. The zero-order chi connectivity index (χ0) is 17.5. The second-order valence-electron chi connectivity index (χ2n) is 5.82. The Kier molecular flexibility index (Phi) is 5.68. The molecule has 0 amide bonds. The van der Waals surface area contributed by atoms with Crippen LogP contribution >= 0.6 is 0 Å². The first-order chi connectivity index (χ1) is 12.3. The fourth-order valence-electron chi connectivity index (χ4n) is 2.97. The van der Waals surface area contributed by atoms with E-state index in [1.807, 2.05) is 61.5 Å². The van der Waals surface area contributed by atoms with Crippen molar-refractivity contribution in [1.29, 1.82) is 0 Å². The monoisotopic (exact) mass is 340 g/mol.